The van der Waals surface area contributed by atoms with E-state index in [1.807, 2.05) is 83.5 Å². The topological polar surface area (TPSA) is 102 Å². The van der Waals surface area contributed by atoms with Gasteiger partial charge in [-0.05, 0) is 69.5 Å². The maximum absolute atomic E-state index is 14.9. The van der Waals surface area contributed by atoms with E-state index in [9.17, 15) is 24.0 Å². The number of hydrogen-bond donors (Lipinski definition) is 0. The van der Waals surface area contributed by atoms with Crippen LogP contribution in [0, 0.1) is 23.7 Å². The Bertz CT molecular complexity index is 2740. The third-order valence-corrected chi connectivity index (χ3v) is 13.2. The molecule has 10 heteroatoms. The Morgan fingerprint density at radius 3 is 1.41 bits per heavy atom. The zero-order valence-electron chi connectivity index (χ0n) is 35.4. The molecule has 6 aromatic rings. The van der Waals surface area contributed by atoms with Crippen molar-refractivity contribution in [1.29, 1.82) is 0 Å². The van der Waals surface area contributed by atoms with Crippen LogP contribution in [0.3, 0.4) is 0 Å². The van der Waals surface area contributed by atoms with E-state index < -0.39 is 0 Å². The van der Waals surface area contributed by atoms with E-state index in [4.69, 9.17) is 0 Å². The minimum Gasteiger partial charge on any atom is -0.367 e. The van der Waals surface area contributed by atoms with Gasteiger partial charge in [-0.1, -0.05) is 73.6 Å². The van der Waals surface area contributed by atoms with Crippen LogP contribution in [0.15, 0.2) is 67.0 Å². The van der Waals surface area contributed by atoms with Crippen LogP contribution in [0.25, 0.3) is 43.1 Å². The van der Waals surface area contributed by atoms with Gasteiger partial charge in [0.25, 0.3) is 29.5 Å². The quantitative estimate of drug-likeness (QED) is 0.0669. The fraction of sp³-hybridized carbons (Fsp3) is 0.388. The Morgan fingerprint density at radius 2 is 0.932 bits per heavy atom. The highest BCUT2D eigenvalue weighted by Gasteiger charge is 2.43. The Morgan fingerprint density at radius 1 is 0.508 bits per heavy atom. The van der Waals surface area contributed by atoms with Crippen molar-refractivity contribution in [3.8, 4) is 0 Å². The lowest BCUT2D eigenvalue weighted by Gasteiger charge is -2.40. The number of carbonyl (C=O) groups is 5. The smallest absolute Gasteiger partial charge is 0.261 e. The van der Waals surface area contributed by atoms with E-state index in [0.717, 1.165) is 38.0 Å². The van der Waals surface area contributed by atoms with Crippen molar-refractivity contribution in [1.82, 2.24) is 14.7 Å². The predicted octanol–water partition coefficient (Wildman–Crippen LogP) is 8.08. The van der Waals surface area contributed by atoms with Crippen LogP contribution >= 0.6 is 0 Å². The molecular formula is C49H52N5O5+. The molecule has 5 amide bonds. The number of anilines is 1. The van der Waals surface area contributed by atoms with Gasteiger partial charge in [-0.25, -0.2) is 4.57 Å². The summed E-state index contributed by atoms with van der Waals surface area (Å²) in [6, 6.07) is 16.6. The highest BCUT2D eigenvalue weighted by atomic mass is 16.2. The number of pyridine rings is 1. The Hall–Kier alpha value is -5.90. The van der Waals surface area contributed by atoms with E-state index in [1.165, 1.54) is 9.80 Å². The molecule has 4 heterocycles. The van der Waals surface area contributed by atoms with Crippen LogP contribution in [0.1, 0.15) is 107 Å². The first-order chi connectivity index (χ1) is 28.1. The molecule has 5 aromatic carbocycles. The fourth-order valence-corrected chi connectivity index (χ4v) is 10.9. The summed E-state index contributed by atoms with van der Waals surface area (Å²) in [7, 11) is 1.92. The number of nitrogens with zero attached hydrogens (tertiary/aromatic N) is 5. The van der Waals surface area contributed by atoms with Gasteiger partial charge in [0.2, 0.25) is 0 Å². The number of fused-ring (bicyclic) bond motifs is 2. The van der Waals surface area contributed by atoms with Gasteiger partial charge >= 0.3 is 0 Å². The van der Waals surface area contributed by atoms with Crippen molar-refractivity contribution in [2.24, 2.45) is 30.7 Å². The summed E-state index contributed by atoms with van der Waals surface area (Å²) in [6.07, 6.45) is 3.74. The van der Waals surface area contributed by atoms with Crippen molar-refractivity contribution in [3.05, 3.63) is 94.8 Å². The molecule has 0 spiro atoms. The van der Waals surface area contributed by atoms with Crippen LogP contribution in [-0.4, -0.2) is 82.5 Å². The second kappa shape index (κ2) is 13.9. The highest BCUT2D eigenvalue weighted by molar-refractivity contribution is 6.43. The van der Waals surface area contributed by atoms with Crippen molar-refractivity contribution in [2.75, 3.05) is 31.1 Å². The lowest BCUT2D eigenvalue weighted by Crippen LogP contribution is -2.51. The Balaban J connectivity index is 1.29. The standard InChI is InChI=1S/C49H52N5O5/c1-25(2)43(26(3)4)53-46(56)33-13-10-30-31-11-14-35-40-36(49(59)54(48(35)58)44(27(5)6)28(7)8)24-37(41(42(31)40)32-12-15-34(47(53)57)39(33)38(30)32)51-20-22-52(23-21-51)45(55)29-16-18-50(9)19-17-29/h10-19,24-28,43-44H,20-23H2,1-9H3/q+1. The zero-order valence-corrected chi connectivity index (χ0v) is 35.4. The molecule has 10 nitrogen and oxygen atoms in total. The molecule has 0 unspecified atom stereocenters. The van der Waals surface area contributed by atoms with Crippen LogP contribution in [0.5, 0.6) is 0 Å². The van der Waals surface area contributed by atoms with Crippen LogP contribution in [-0.2, 0) is 7.05 Å². The lowest BCUT2D eigenvalue weighted by atomic mass is 9.80. The molecule has 1 saturated heterocycles. The average Bonchev–Trinajstić information content (AvgIpc) is 3.20. The van der Waals surface area contributed by atoms with Gasteiger partial charge in [-0.2, -0.15) is 0 Å². The predicted molar refractivity (Wildman–Crippen MR) is 231 cm³/mol. The number of imide groups is 2. The third-order valence-electron chi connectivity index (χ3n) is 13.2. The largest absolute Gasteiger partial charge is 0.367 e. The van der Waals surface area contributed by atoms with Gasteiger partial charge < -0.3 is 9.80 Å². The SMILES string of the molecule is CC(C)C(C(C)C)N1C(=O)c2ccc3c4ccc5c6c(cc(N7CCN(C(=O)c8cc[n+](C)cc8)CC7)c(c7ccc(c2c37)C1=O)c64)C(=O)N(C(C(C)C)C(C)C)C5=O. The molecule has 1 fully saturated rings. The lowest BCUT2D eigenvalue weighted by molar-refractivity contribution is -0.671. The maximum Gasteiger partial charge on any atom is 0.261 e. The zero-order chi connectivity index (χ0) is 41.9. The number of amides is 5. The molecule has 0 bridgehead atoms. The van der Waals surface area contributed by atoms with Gasteiger partial charge in [-0.3, -0.25) is 33.8 Å². The van der Waals surface area contributed by atoms with E-state index >= 15 is 0 Å². The molecule has 59 heavy (non-hydrogen) atoms. The summed E-state index contributed by atoms with van der Waals surface area (Å²) in [6.45, 7) is 18.4. The molecule has 0 aliphatic carbocycles. The molecule has 302 valence electrons. The van der Waals surface area contributed by atoms with E-state index in [2.05, 4.69) is 60.3 Å². The molecule has 3 aliphatic heterocycles. The summed E-state index contributed by atoms with van der Waals surface area (Å²) in [5.41, 5.74) is 3.44. The highest BCUT2D eigenvalue weighted by Crippen LogP contribution is 2.50. The average molecular weight is 791 g/mol. The molecule has 0 radical (unpaired) electrons. The first kappa shape index (κ1) is 38.6. The Kier molecular flexibility index (Phi) is 9.06. The summed E-state index contributed by atoms with van der Waals surface area (Å²) in [5.74, 6) is -0.988. The molecule has 0 N–H and O–H groups in total. The van der Waals surface area contributed by atoms with Crippen molar-refractivity contribution < 1.29 is 28.5 Å². The summed E-state index contributed by atoms with van der Waals surface area (Å²) >= 11 is 0. The van der Waals surface area contributed by atoms with Crippen molar-refractivity contribution in [3.63, 3.8) is 0 Å². The van der Waals surface area contributed by atoms with Crippen LogP contribution < -0.4 is 9.47 Å². The minimum atomic E-state index is -0.305. The number of benzene rings is 5. The summed E-state index contributed by atoms with van der Waals surface area (Å²) in [4.78, 5) is 79.3. The number of aromatic nitrogens is 1. The molecule has 0 saturated carbocycles. The third kappa shape index (κ3) is 5.58. The number of rotatable bonds is 8. The molecule has 0 atom stereocenters. The van der Waals surface area contributed by atoms with Crippen molar-refractivity contribution >= 4 is 78.3 Å². The maximum atomic E-state index is 14.9. The molecule has 3 aliphatic rings. The van der Waals surface area contributed by atoms with Gasteiger partial charge in [0, 0.05) is 94.3 Å². The fourth-order valence-electron chi connectivity index (χ4n) is 10.9. The normalized spacial score (nSPS) is 16.3. The van der Waals surface area contributed by atoms with Crippen LogP contribution in [0.4, 0.5) is 5.69 Å². The van der Waals surface area contributed by atoms with Gasteiger partial charge in [0.1, 0.15) is 7.05 Å². The van der Waals surface area contributed by atoms with Gasteiger partial charge in [0.15, 0.2) is 12.4 Å². The number of piperazine rings is 1. The second-order valence-electron chi connectivity index (χ2n) is 18.2. The summed E-state index contributed by atoms with van der Waals surface area (Å²) in [5, 5.41) is 6.36. The molecule has 9 rings (SSSR count). The van der Waals surface area contributed by atoms with Gasteiger partial charge in [-0.15, -0.1) is 0 Å². The minimum absolute atomic E-state index is 0.0290. The Labute approximate surface area is 344 Å². The first-order valence-corrected chi connectivity index (χ1v) is 21.1. The summed E-state index contributed by atoms with van der Waals surface area (Å²) < 4.78 is 1.90. The van der Waals surface area contributed by atoms with E-state index in [1.54, 1.807) is 0 Å². The van der Waals surface area contributed by atoms with Gasteiger partial charge in [0.05, 0.1) is 11.1 Å². The molecule has 1 aromatic heterocycles. The van der Waals surface area contributed by atoms with E-state index in [0.29, 0.717) is 64.8 Å². The second-order valence-corrected chi connectivity index (χ2v) is 18.2. The number of aryl methyl sites for hydroxylation is 1. The first-order valence-electron chi connectivity index (χ1n) is 21.1. The number of hydrogen-bond acceptors (Lipinski definition) is 6. The monoisotopic (exact) mass is 790 g/mol. The van der Waals surface area contributed by atoms with Crippen molar-refractivity contribution in [2.45, 2.75) is 67.5 Å². The number of carbonyl (C=O) groups excluding carboxylic acids is 5. The van der Waals surface area contributed by atoms with E-state index in [-0.39, 0.29) is 65.3 Å². The molecular weight excluding hydrogens is 739 g/mol. The van der Waals surface area contributed by atoms with Crippen LogP contribution in [0.2, 0.25) is 0 Å².